The summed E-state index contributed by atoms with van der Waals surface area (Å²) in [6, 6.07) is 1.83. The normalized spacial score (nSPS) is 13.7. The number of aromatic nitrogens is 1. The second kappa shape index (κ2) is 7.09. The molecule has 0 spiro atoms. The predicted octanol–water partition coefficient (Wildman–Crippen LogP) is 4.86. The summed E-state index contributed by atoms with van der Waals surface area (Å²) in [5.41, 5.74) is 0.798. The highest BCUT2D eigenvalue weighted by atomic mass is 79.9. The average molecular weight is 367 g/mol. The van der Waals surface area contributed by atoms with Gasteiger partial charge in [-0.1, -0.05) is 20.8 Å². The molecule has 1 aromatic rings. The molecule has 0 unspecified atom stereocenters. The third-order valence-corrected chi connectivity index (χ3v) is 8.76. The van der Waals surface area contributed by atoms with E-state index >= 15 is 0 Å². The van der Waals surface area contributed by atoms with Gasteiger partial charge in [0.15, 0.2) is 5.82 Å². The molecule has 0 saturated carbocycles. The van der Waals surface area contributed by atoms with Crippen LogP contribution in [0.15, 0.2) is 20.0 Å². The van der Waals surface area contributed by atoms with Crippen molar-refractivity contribution in [1.29, 1.82) is 0 Å². The highest BCUT2D eigenvalue weighted by Gasteiger charge is 2.27. The molecule has 1 aromatic heterocycles. The number of rotatable bonds is 5. The highest BCUT2D eigenvalue weighted by molar-refractivity contribution is 9.10. The van der Waals surface area contributed by atoms with E-state index in [-0.39, 0.29) is 5.82 Å². The zero-order valence-electron chi connectivity index (χ0n) is 11.7. The van der Waals surface area contributed by atoms with Gasteiger partial charge in [-0.15, -0.1) is 0 Å². The minimum absolute atomic E-state index is 0.237. The van der Waals surface area contributed by atoms with Crippen LogP contribution < -0.4 is 0 Å². The Morgan fingerprint density at radius 1 is 1.37 bits per heavy atom. The minimum atomic E-state index is -1.13. The number of halogens is 2. The Hall–Kier alpha value is -0.0700. The third kappa shape index (κ3) is 3.34. The van der Waals surface area contributed by atoms with E-state index in [0.29, 0.717) is 16.0 Å². The van der Waals surface area contributed by atoms with Crippen molar-refractivity contribution < 1.29 is 4.39 Å². The largest absolute Gasteiger partial charge is 0.236 e. The molecule has 0 aliphatic carbocycles. The number of hydrogen-bond donors (Lipinski definition) is 1. The van der Waals surface area contributed by atoms with E-state index in [9.17, 15) is 4.39 Å². The summed E-state index contributed by atoms with van der Waals surface area (Å²) in [5.74, 6) is 2.69. The maximum Gasteiger partial charge on any atom is 0.162 e. The molecule has 1 rings (SSSR count). The number of thiol groups is 1. The van der Waals surface area contributed by atoms with Crippen LogP contribution in [0.4, 0.5) is 4.39 Å². The van der Waals surface area contributed by atoms with Gasteiger partial charge in [-0.3, -0.25) is 0 Å². The van der Waals surface area contributed by atoms with E-state index in [0.717, 1.165) is 22.2 Å². The Kier molecular flexibility index (Phi) is 6.33. The number of nitrogens with zero attached hydrogens (tertiary/aromatic N) is 2. The van der Waals surface area contributed by atoms with Gasteiger partial charge in [0.05, 0.1) is 5.71 Å². The molecule has 0 aromatic carbocycles. The molecular weight excluding hydrogens is 347 g/mol. The molecule has 0 aliphatic heterocycles. The van der Waals surface area contributed by atoms with Crippen molar-refractivity contribution in [3.8, 4) is 0 Å². The van der Waals surface area contributed by atoms with Crippen LogP contribution in [0, 0.1) is 5.82 Å². The minimum Gasteiger partial charge on any atom is -0.236 e. The Labute approximate surface area is 130 Å². The van der Waals surface area contributed by atoms with E-state index in [1.165, 1.54) is 0 Å². The lowest BCUT2D eigenvalue weighted by Crippen LogP contribution is -2.14. The molecule has 0 fully saturated rings. The molecule has 0 bridgehead atoms. The molecule has 0 radical (unpaired) electrons. The molecular formula is C13H20BrFN2S2. The van der Waals surface area contributed by atoms with Crippen molar-refractivity contribution in [2.75, 3.05) is 17.3 Å². The SMILES string of the molecule is CCS(CC)(CC)c1cc(Br)nc(/C(C)=N/S)c1F. The molecule has 0 saturated heterocycles. The van der Waals surface area contributed by atoms with Gasteiger partial charge in [-0.2, -0.15) is 0 Å². The van der Waals surface area contributed by atoms with Gasteiger partial charge in [0.2, 0.25) is 0 Å². The van der Waals surface area contributed by atoms with Gasteiger partial charge >= 0.3 is 0 Å². The molecule has 0 atom stereocenters. The smallest absolute Gasteiger partial charge is 0.162 e. The Bertz CT molecular complexity index is 480. The molecule has 0 aliphatic rings. The van der Waals surface area contributed by atoms with Gasteiger partial charge in [0, 0.05) is 4.90 Å². The van der Waals surface area contributed by atoms with Crippen LogP contribution in [0.3, 0.4) is 0 Å². The second-order valence-corrected chi connectivity index (χ2v) is 9.48. The van der Waals surface area contributed by atoms with Crippen molar-refractivity contribution in [3.05, 3.63) is 22.2 Å². The van der Waals surface area contributed by atoms with Crippen LogP contribution in [0.5, 0.6) is 0 Å². The molecule has 108 valence electrons. The second-order valence-electron chi connectivity index (χ2n) is 4.20. The lowest BCUT2D eigenvalue weighted by molar-refractivity contribution is 0.589. The molecule has 2 nitrogen and oxygen atoms in total. The first-order chi connectivity index (χ1) is 8.95. The van der Waals surface area contributed by atoms with Crippen molar-refractivity contribution in [1.82, 2.24) is 4.98 Å². The zero-order valence-corrected chi connectivity index (χ0v) is 15.0. The lowest BCUT2D eigenvalue weighted by Gasteiger charge is -2.38. The van der Waals surface area contributed by atoms with Crippen molar-refractivity contribution in [3.63, 3.8) is 0 Å². The summed E-state index contributed by atoms with van der Waals surface area (Å²) in [5, 5.41) is 0. The summed E-state index contributed by atoms with van der Waals surface area (Å²) in [6.07, 6.45) is 0. The fourth-order valence-electron chi connectivity index (χ4n) is 2.16. The van der Waals surface area contributed by atoms with Gasteiger partial charge < -0.3 is 0 Å². The molecule has 0 N–H and O–H groups in total. The number of hydrogen-bond acceptors (Lipinski definition) is 3. The number of pyridine rings is 1. The first kappa shape index (κ1) is 17.0. The van der Waals surface area contributed by atoms with Crippen LogP contribution in [0.25, 0.3) is 0 Å². The molecule has 6 heteroatoms. The van der Waals surface area contributed by atoms with Crippen molar-refractivity contribution >= 4 is 44.5 Å². The third-order valence-electron chi connectivity index (χ3n) is 3.51. The van der Waals surface area contributed by atoms with E-state index in [2.05, 4.69) is 58.9 Å². The van der Waals surface area contributed by atoms with Crippen molar-refractivity contribution in [2.24, 2.45) is 4.40 Å². The summed E-state index contributed by atoms with van der Waals surface area (Å²) in [7, 11) is -1.13. The monoisotopic (exact) mass is 366 g/mol. The van der Waals surface area contributed by atoms with Crippen LogP contribution in [-0.4, -0.2) is 28.0 Å². The van der Waals surface area contributed by atoms with E-state index < -0.39 is 10.0 Å². The Balaban J connectivity index is 3.56. The Morgan fingerprint density at radius 3 is 2.32 bits per heavy atom. The zero-order chi connectivity index (χ0) is 14.6. The summed E-state index contributed by atoms with van der Waals surface area (Å²) in [4.78, 5) is 5.00. The van der Waals surface area contributed by atoms with E-state index in [4.69, 9.17) is 0 Å². The highest BCUT2D eigenvalue weighted by Crippen LogP contribution is 2.56. The Morgan fingerprint density at radius 2 is 1.89 bits per heavy atom. The van der Waals surface area contributed by atoms with Crippen LogP contribution in [0.1, 0.15) is 33.4 Å². The van der Waals surface area contributed by atoms with Gasteiger partial charge in [0.25, 0.3) is 0 Å². The summed E-state index contributed by atoms with van der Waals surface area (Å²) in [6.45, 7) is 8.12. The van der Waals surface area contributed by atoms with Gasteiger partial charge in [0.1, 0.15) is 10.3 Å². The molecule has 19 heavy (non-hydrogen) atoms. The molecule has 1 heterocycles. The van der Waals surface area contributed by atoms with Gasteiger partial charge in [-0.25, -0.2) is 23.8 Å². The van der Waals surface area contributed by atoms with E-state index in [1.807, 2.05) is 6.07 Å². The first-order valence-electron chi connectivity index (χ1n) is 6.27. The van der Waals surface area contributed by atoms with Crippen LogP contribution in [-0.2, 0) is 0 Å². The summed E-state index contributed by atoms with van der Waals surface area (Å²) < 4.78 is 19.2. The quantitative estimate of drug-likeness (QED) is 0.449. The first-order valence-corrected chi connectivity index (χ1v) is 9.60. The fraction of sp³-hybridized carbons (Fsp3) is 0.538. The van der Waals surface area contributed by atoms with E-state index in [1.54, 1.807) is 6.92 Å². The molecule has 0 amide bonds. The van der Waals surface area contributed by atoms with Gasteiger partial charge in [-0.05, 0) is 59.0 Å². The summed E-state index contributed by atoms with van der Waals surface area (Å²) >= 11 is 7.24. The standard InChI is InChI=1S/C13H20BrFN2S2/c1-5-19(6-2,7-3)10-8-11(14)16-13(12(10)15)9(4)17-18/h8,18H,5-7H2,1-4H3/b17-9+. The lowest BCUT2D eigenvalue weighted by atomic mass is 10.2. The fourth-order valence-corrected chi connectivity index (χ4v) is 5.81. The van der Waals surface area contributed by atoms with Crippen LogP contribution >= 0.6 is 38.8 Å². The topological polar surface area (TPSA) is 25.2 Å². The van der Waals surface area contributed by atoms with Crippen LogP contribution in [0.2, 0.25) is 0 Å². The average Bonchev–Trinajstić information content (AvgIpc) is 2.43. The maximum absolute atomic E-state index is 14.8. The van der Waals surface area contributed by atoms with Crippen molar-refractivity contribution in [2.45, 2.75) is 32.6 Å². The predicted molar refractivity (Wildman–Crippen MR) is 90.6 cm³/mol. The maximum atomic E-state index is 14.8.